The number of likely N-dealkylation sites (tertiary alicyclic amines) is 1. The first-order valence-electron chi connectivity index (χ1n) is 7.18. The van der Waals surface area contributed by atoms with Crippen LogP contribution in [-0.2, 0) is 11.3 Å². The van der Waals surface area contributed by atoms with Crippen molar-refractivity contribution >= 4 is 11.6 Å². The minimum absolute atomic E-state index is 0.00683. The second-order valence-electron chi connectivity index (χ2n) is 5.44. The molecule has 1 aromatic carbocycles. The Labute approximate surface area is 131 Å². The standard InChI is InChI=1S/C16H14FN3O3/c17-13-7-12(8-18-9-13)15-5-6-16(21)19(15)10-11-1-3-14(4-2-11)20(22)23/h1-4,7-9,15H,5-6,10H2. The second kappa shape index (κ2) is 6.12. The minimum Gasteiger partial charge on any atom is -0.331 e. The molecule has 0 bridgehead atoms. The van der Waals surface area contributed by atoms with Crippen molar-refractivity contribution in [2.45, 2.75) is 25.4 Å². The summed E-state index contributed by atoms with van der Waals surface area (Å²) in [6.07, 6.45) is 3.70. The molecule has 1 atom stereocenters. The van der Waals surface area contributed by atoms with Crippen LogP contribution < -0.4 is 0 Å². The second-order valence-corrected chi connectivity index (χ2v) is 5.44. The number of pyridine rings is 1. The number of nitrogens with zero attached hydrogens (tertiary/aromatic N) is 3. The molecule has 2 aromatic rings. The first-order valence-corrected chi connectivity index (χ1v) is 7.18. The number of halogens is 1. The number of nitro groups is 1. The van der Waals surface area contributed by atoms with E-state index in [-0.39, 0.29) is 17.6 Å². The molecule has 1 unspecified atom stereocenters. The van der Waals surface area contributed by atoms with Crippen LogP contribution in [0, 0.1) is 15.9 Å². The summed E-state index contributed by atoms with van der Waals surface area (Å²) in [7, 11) is 0. The molecule has 1 aliphatic heterocycles. The van der Waals surface area contributed by atoms with Gasteiger partial charge in [0.1, 0.15) is 5.82 Å². The summed E-state index contributed by atoms with van der Waals surface area (Å²) in [4.78, 5) is 27.8. The summed E-state index contributed by atoms with van der Waals surface area (Å²) in [5.74, 6) is -0.449. The molecular weight excluding hydrogens is 301 g/mol. The SMILES string of the molecule is O=C1CCC(c2cncc(F)c2)N1Cc1ccc([N+](=O)[O-])cc1. The number of carbonyl (C=O) groups excluding carboxylic acids is 1. The molecule has 23 heavy (non-hydrogen) atoms. The Morgan fingerprint density at radius 1 is 1.30 bits per heavy atom. The van der Waals surface area contributed by atoms with Gasteiger partial charge in [0.05, 0.1) is 17.2 Å². The molecule has 0 spiro atoms. The number of nitro benzene ring substituents is 1. The number of benzene rings is 1. The lowest BCUT2D eigenvalue weighted by molar-refractivity contribution is -0.384. The predicted molar refractivity (Wildman–Crippen MR) is 79.8 cm³/mol. The predicted octanol–water partition coefficient (Wildman–Crippen LogP) is 2.99. The molecule has 0 saturated carbocycles. The molecule has 0 aliphatic carbocycles. The fourth-order valence-electron chi connectivity index (χ4n) is 2.81. The normalized spacial score (nSPS) is 17.5. The van der Waals surface area contributed by atoms with Crippen molar-refractivity contribution in [3.63, 3.8) is 0 Å². The molecule has 1 saturated heterocycles. The highest BCUT2D eigenvalue weighted by Crippen LogP contribution is 2.34. The third-order valence-electron chi connectivity index (χ3n) is 3.94. The van der Waals surface area contributed by atoms with Gasteiger partial charge in [0, 0.05) is 31.3 Å². The lowest BCUT2D eigenvalue weighted by Gasteiger charge is -2.25. The van der Waals surface area contributed by atoms with Crippen LogP contribution in [0.25, 0.3) is 0 Å². The zero-order valence-electron chi connectivity index (χ0n) is 12.2. The largest absolute Gasteiger partial charge is 0.331 e. The van der Waals surface area contributed by atoms with Gasteiger partial charge in [-0.2, -0.15) is 0 Å². The van der Waals surface area contributed by atoms with Gasteiger partial charge in [0.15, 0.2) is 0 Å². The van der Waals surface area contributed by atoms with Crippen LogP contribution in [0.5, 0.6) is 0 Å². The van der Waals surface area contributed by atoms with Crippen LogP contribution in [-0.4, -0.2) is 20.7 Å². The molecule has 2 heterocycles. The molecule has 0 N–H and O–H groups in total. The van der Waals surface area contributed by atoms with E-state index in [1.165, 1.54) is 18.2 Å². The van der Waals surface area contributed by atoms with Crippen LogP contribution in [0.15, 0.2) is 42.7 Å². The Morgan fingerprint density at radius 3 is 2.70 bits per heavy atom. The molecule has 1 fully saturated rings. The summed E-state index contributed by atoms with van der Waals surface area (Å²) in [5, 5.41) is 10.7. The maximum absolute atomic E-state index is 13.4. The van der Waals surface area contributed by atoms with Gasteiger partial charge in [0.25, 0.3) is 5.69 Å². The number of aromatic nitrogens is 1. The van der Waals surface area contributed by atoms with Gasteiger partial charge in [-0.25, -0.2) is 4.39 Å². The van der Waals surface area contributed by atoms with Gasteiger partial charge in [0.2, 0.25) is 5.91 Å². The number of hydrogen-bond donors (Lipinski definition) is 0. The van der Waals surface area contributed by atoms with Gasteiger partial charge in [-0.15, -0.1) is 0 Å². The molecule has 7 heteroatoms. The molecule has 3 rings (SSSR count). The number of rotatable bonds is 4. The van der Waals surface area contributed by atoms with Crippen LogP contribution in [0.3, 0.4) is 0 Å². The van der Waals surface area contributed by atoms with E-state index in [2.05, 4.69) is 4.98 Å². The fourth-order valence-corrected chi connectivity index (χ4v) is 2.81. The Morgan fingerprint density at radius 2 is 2.04 bits per heavy atom. The van der Waals surface area contributed by atoms with Crippen LogP contribution in [0.1, 0.15) is 30.0 Å². The van der Waals surface area contributed by atoms with E-state index in [9.17, 15) is 19.3 Å². The van der Waals surface area contributed by atoms with Gasteiger partial charge < -0.3 is 4.90 Å². The number of carbonyl (C=O) groups is 1. The summed E-state index contributed by atoms with van der Waals surface area (Å²) >= 11 is 0. The third-order valence-corrected chi connectivity index (χ3v) is 3.94. The highest BCUT2D eigenvalue weighted by atomic mass is 19.1. The smallest absolute Gasteiger partial charge is 0.269 e. The van der Waals surface area contributed by atoms with E-state index in [0.717, 1.165) is 11.8 Å². The van der Waals surface area contributed by atoms with E-state index in [4.69, 9.17) is 0 Å². The van der Waals surface area contributed by atoms with Crippen molar-refractivity contribution in [1.29, 1.82) is 0 Å². The Kier molecular flexibility index (Phi) is 4.01. The van der Waals surface area contributed by atoms with Gasteiger partial charge in [-0.1, -0.05) is 12.1 Å². The van der Waals surface area contributed by atoms with Gasteiger partial charge >= 0.3 is 0 Å². The first kappa shape index (κ1) is 15.1. The van der Waals surface area contributed by atoms with E-state index in [1.807, 2.05) is 0 Å². The van der Waals surface area contributed by atoms with E-state index in [1.54, 1.807) is 23.2 Å². The number of non-ortho nitro benzene ring substituents is 1. The quantitative estimate of drug-likeness (QED) is 0.642. The molecule has 1 aliphatic rings. The van der Waals surface area contributed by atoms with Crippen molar-refractivity contribution < 1.29 is 14.1 Å². The highest BCUT2D eigenvalue weighted by Gasteiger charge is 2.32. The van der Waals surface area contributed by atoms with Gasteiger partial charge in [-0.05, 0) is 23.6 Å². The average Bonchev–Trinajstić information content (AvgIpc) is 2.89. The lowest BCUT2D eigenvalue weighted by atomic mass is 10.1. The average molecular weight is 315 g/mol. The van der Waals surface area contributed by atoms with Crippen molar-refractivity contribution in [2.24, 2.45) is 0 Å². The molecule has 118 valence electrons. The summed E-state index contributed by atoms with van der Waals surface area (Å²) in [5.41, 5.74) is 1.46. The molecule has 6 nitrogen and oxygen atoms in total. The Hall–Kier alpha value is -2.83. The van der Waals surface area contributed by atoms with E-state index >= 15 is 0 Å². The topological polar surface area (TPSA) is 76.3 Å². The zero-order valence-corrected chi connectivity index (χ0v) is 12.2. The maximum Gasteiger partial charge on any atom is 0.269 e. The van der Waals surface area contributed by atoms with Crippen LogP contribution in [0.2, 0.25) is 0 Å². The zero-order chi connectivity index (χ0) is 16.4. The molecular formula is C16H14FN3O3. The van der Waals surface area contributed by atoms with E-state index < -0.39 is 10.7 Å². The highest BCUT2D eigenvalue weighted by molar-refractivity contribution is 5.79. The van der Waals surface area contributed by atoms with Gasteiger partial charge in [-0.3, -0.25) is 19.9 Å². The Balaban J connectivity index is 1.81. The van der Waals surface area contributed by atoms with Crippen LogP contribution >= 0.6 is 0 Å². The van der Waals surface area contributed by atoms with Crippen LogP contribution in [0.4, 0.5) is 10.1 Å². The summed E-state index contributed by atoms with van der Waals surface area (Å²) in [6.45, 7) is 0.331. The van der Waals surface area contributed by atoms with Crippen molar-refractivity contribution in [2.75, 3.05) is 0 Å². The van der Waals surface area contributed by atoms with Crippen molar-refractivity contribution in [3.8, 4) is 0 Å². The van der Waals surface area contributed by atoms with E-state index in [0.29, 0.717) is 24.9 Å². The number of amides is 1. The molecule has 1 aromatic heterocycles. The summed E-state index contributed by atoms with van der Waals surface area (Å²) < 4.78 is 13.4. The molecule has 1 amide bonds. The summed E-state index contributed by atoms with van der Waals surface area (Å²) in [6, 6.07) is 7.25. The third kappa shape index (κ3) is 3.18. The number of hydrogen-bond acceptors (Lipinski definition) is 4. The first-order chi connectivity index (χ1) is 11.0. The Bertz CT molecular complexity index is 748. The van der Waals surface area contributed by atoms with Crippen molar-refractivity contribution in [3.05, 3.63) is 69.8 Å². The van der Waals surface area contributed by atoms with Crippen molar-refractivity contribution in [1.82, 2.24) is 9.88 Å². The molecule has 0 radical (unpaired) electrons. The maximum atomic E-state index is 13.4. The fraction of sp³-hybridized carbons (Fsp3) is 0.250. The monoisotopic (exact) mass is 315 g/mol. The minimum atomic E-state index is -0.466. The lowest BCUT2D eigenvalue weighted by Crippen LogP contribution is -2.27.